The number of nitrogens with zero attached hydrogens (tertiary/aromatic N) is 2. The summed E-state index contributed by atoms with van der Waals surface area (Å²) in [7, 11) is 0. The molecule has 0 saturated carbocycles. The van der Waals surface area contributed by atoms with Gasteiger partial charge in [-0.25, -0.2) is 0 Å². The minimum atomic E-state index is -5.77. The zero-order valence-corrected chi connectivity index (χ0v) is 22.8. The zero-order valence-electron chi connectivity index (χ0n) is 22.8. The lowest BCUT2D eigenvalue weighted by Crippen LogP contribution is -2.39. The van der Waals surface area contributed by atoms with Gasteiger partial charge in [-0.05, 0) is 36.8 Å². The van der Waals surface area contributed by atoms with Crippen LogP contribution in [0.2, 0.25) is 0 Å². The first-order valence-electron chi connectivity index (χ1n) is 12.6. The molecule has 45 heavy (non-hydrogen) atoms. The molecule has 1 aliphatic rings. The summed E-state index contributed by atoms with van der Waals surface area (Å²) in [5.41, 5.74) is 1.78. The summed E-state index contributed by atoms with van der Waals surface area (Å²) in [6, 6.07) is 9.76. The highest BCUT2D eigenvalue weighted by Gasteiger charge is 2.54. The van der Waals surface area contributed by atoms with E-state index < -0.39 is 47.7 Å². The Morgan fingerprint density at radius 1 is 1.00 bits per heavy atom. The van der Waals surface area contributed by atoms with Crippen molar-refractivity contribution < 1.29 is 55.1 Å². The van der Waals surface area contributed by atoms with Crippen LogP contribution in [-0.2, 0) is 23.9 Å². The fraction of sp³-hybridized carbons (Fsp3) is 0.370. The highest BCUT2D eigenvalue weighted by atomic mass is 19.4. The molecule has 0 aliphatic carbocycles. The van der Waals surface area contributed by atoms with Gasteiger partial charge >= 0.3 is 29.9 Å². The number of guanidine groups is 1. The topological polar surface area (TPSA) is 168 Å². The van der Waals surface area contributed by atoms with E-state index in [1.165, 1.54) is 0 Å². The number of halogens is 6. The van der Waals surface area contributed by atoms with Crippen LogP contribution in [0.5, 0.6) is 0 Å². The molecule has 2 aromatic rings. The van der Waals surface area contributed by atoms with Crippen molar-refractivity contribution in [2.24, 2.45) is 4.99 Å². The third-order valence-corrected chi connectivity index (χ3v) is 5.29. The highest BCUT2D eigenvalue weighted by molar-refractivity contribution is 6.41. The van der Waals surface area contributed by atoms with E-state index in [4.69, 9.17) is 4.74 Å². The largest absolute Gasteiger partial charge is 0.466 e. The monoisotopic (exact) mass is 648 g/mol. The van der Waals surface area contributed by atoms with Crippen LogP contribution < -0.4 is 21.3 Å². The van der Waals surface area contributed by atoms with Crippen molar-refractivity contribution in [2.45, 2.75) is 39.2 Å². The molecule has 12 nitrogen and oxygen atoms in total. The van der Waals surface area contributed by atoms with E-state index in [0.717, 1.165) is 6.54 Å². The fourth-order valence-electron chi connectivity index (χ4n) is 3.34. The first-order valence-corrected chi connectivity index (χ1v) is 12.6. The molecule has 2 amide bonds. The van der Waals surface area contributed by atoms with E-state index in [2.05, 4.69) is 31.2 Å². The molecular formula is C27H30F6N6O6. The van der Waals surface area contributed by atoms with Crippen LogP contribution in [0.1, 0.15) is 42.7 Å². The molecule has 2 heterocycles. The smallest absolute Gasteiger partial charge is 0.458 e. The number of aliphatic imine (C=N–C) groups is 1. The summed E-state index contributed by atoms with van der Waals surface area (Å²) >= 11 is 0. The summed E-state index contributed by atoms with van der Waals surface area (Å²) < 4.78 is 71.9. The predicted molar refractivity (Wildman–Crippen MR) is 148 cm³/mol. The molecule has 1 aromatic heterocycles. The van der Waals surface area contributed by atoms with Gasteiger partial charge in [0.25, 0.3) is 5.91 Å². The van der Waals surface area contributed by atoms with Gasteiger partial charge in [-0.3, -0.25) is 33.9 Å². The van der Waals surface area contributed by atoms with Crippen LogP contribution in [0.3, 0.4) is 0 Å². The Bertz CT molecular complexity index is 1340. The number of nitrogens with one attached hydrogen (secondary N) is 4. The Balaban J connectivity index is 0.000000663. The molecule has 1 aromatic carbocycles. The minimum Gasteiger partial charge on any atom is -0.466 e. The number of hydrogen-bond acceptors (Lipinski definition) is 10. The summed E-state index contributed by atoms with van der Waals surface area (Å²) in [6.07, 6.45) is -8.40. The maximum atomic E-state index is 12.5. The number of esters is 1. The van der Waals surface area contributed by atoms with Crippen molar-refractivity contribution in [2.75, 3.05) is 31.6 Å². The molecule has 0 saturated heterocycles. The number of ketones is 2. The Labute approximate surface area is 253 Å². The number of benzene rings is 1. The van der Waals surface area contributed by atoms with Gasteiger partial charge in [-0.1, -0.05) is 19.6 Å². The van der Waals surface area contributed by atoms with E-state index in [1.807, 2.05) is 6.07 Å². The van der Waals surface area contributed by atoms with Crippen LogP contribution in [0.4, 0.5) is 32.0 Å². The zero-order chi connectivity index (χ0) is 32.9. The van der Waals surface area contributed by atoms with Gasteiger partial charge in [0.15, 0.2) is 5.96 Å². The molecule has 0 fully saturated rings. The number of carbonyl (C=O) groups is 5. The van der Waals surface area contributed by atoms with Gasteiger partial charge in [-0.2, -0.15) is 26.3 Å². The second-order valence-corrected chi connectivity index (χ2v) is 8.61. The maximum absolute atomic E-state index is 12.5. The molecule has 1 aliphatic heterocycles. The first kappa shape index (κ1) is 38.0. The van der Waals surface area contributed by atoms with Crippen molar-refractivity contribution in [3.8, 4) is 0 Å². The van der Waals surface area contributed by atoms with Crippen LogP contribution in [0, 0.1) is 0 Å². The lowest BCUT2D eigenvalue weighted by Gasteiger charge is -2.18. The van der Waals surface area contributed by atoms with E-state index in [9.17, 15) is 50.3 Å². The second kappa shape index (κ2) is 17.3. The predicted octanol–water partition coefficient (Wildman–Crippen LogP) is 2.88. The second-order valence-electron chi connectivity index (χ2n) is 8.61. The maximum Gasteiger partial charge on any atom is 0.458 e. The van der Waals surface area contributed by atoms with Gasteiger partial charge in [0, 0.05) is 30.2 Å². The van der Waals surface area contributed by atoms with Gasteiger partial charge in [0.1, 0.15) is 0 Å². The van der Waals surface area contributed by atoms with Gasteiger partial charge in [0.05, 0.1) is 32.2 Å². The van der Waals surface area contributed by atoms with Gasteiger partial charge < -0.3 is 26.0 Å². The third-order valence-electron chi connectivity index (χ3n) is 5.29. The quantitative estimate of drug-likeness (QED) is 0.172. The van der Waals surface area contributed by atoms with Gasteiger partial charge in [0.2, 0.25) is 5.91 Å². The van der Waals surface area contributed by atoms with Crippen LogP contribution >= 0.6 is 0 Å². The van der Waals surface area contributed by atoms with E-state index in [0.29, 0.717) is 29.3 Å². The van der Waals surface area contributed by atoms with E-state index in [1.54, 1.807) is 49.6 Å². The summed E-state index contributed by atoms with van der Waals surface area (Å²) in [6.45, 7) is 3.19. The number of alkyl halides is 6. The van der Waals surface area contributed by atoms with Crippen LogP contribution in [0.15, 0.2) is 53.8 Å². The summed E-state index contributed by atoms with van der Waals surface area (Å²) in [4.78, 5) is 64.4. The fourth-order valence-corrected chi connectivity index (χ4v) is 3.34. The molecule has 0 spiro atoms. The SMILES string of the molecule is C.CCOC(=O)CC(NC(=O)CNC(=O)c1cccc(NC2=NCCN2)c1)c1cccnc1.O=C(C(=O)C(F)(F)F)C(F)(F)F. The number of amides is 2. The number of pyridine rings is 1. The summed E-state index contributed by atoms with van der Waals surface area (Å²) in [5, 5.41) is 11.6. The number of hydrogen-bond donors (Lipinski definition) is 4. The molecule has 18 heteroatoms. The lowest BCUT2D eigenvalue weighted by molar-refractivity contribution is -0.193. The number of carbonyl (C=O) groups excluding carboxylic acids is 5. The number of Topliss-reactive ketones (excluding diaryl/α,β-unsaturated/α-hetero) is 2. The van der Waals surface area contributed by atoms with Crippen molar-refractivity contribution in [3.63, 3.8) is 0 Å². The van der Waals surface area contributed by atoms with Crippen molar-refractivity contribution in [1.82, 2.24) is 20.9 Å². The Morgan fingerprint density at radius 3 is 2.20 bits per heavy atom. The Morgan fingerprint density at radius 2 is 1.67 bits per heavy atom. The van der Waals surface area contributed by atoms with Crippen molar-refractivity contribution in [1.29, 1.82) is 0 Å². The number of ether oxygens (including phenoxy) is 1. The molecular weight excluding hydrogens is 618 g/mol. The van der Waals surface area contributed by atoms with E-state index in [-0.39, 0.29) is 27.0 Å². The third kappa shape index (κ3) is 13.0. The standard InChI is InChI=1S/C22H26N6O4.C4F6O2.CH4/c1-2-32-20(30)12-18(16-6-4-8-23-13-16)28-19(29)14-26-21(31)15-5-3-7-17(11-15)27-22-24-9-10-25-22;5-3(6,7)1(11)2(12)4(8,9)10;/h3-8,11,13,18H,2,9-10,12,14H2,1H3,(H,26,31)(H,28,29)(H2,24,25,27);;1H4. The molecule has 246 valence electrons. The minimum absolute atomic E-state index is 0. The molecule has 0 bridgehead atoms. The first-order chi connectivity index (χ1) is 20.6. The Kier molecular flexibility index (Phi) is 14.6. The number of anilines is 1. The molecule has 1 atom stereocenters. The number of aromatic nitrogens is 1. The number of rotatable bonds is 10. The van der Waals surface area contributed by atoms with Gasteiger partial charge in [-0.15, -0.1) is 0 Å². The molecule has 3 rings (SSSR count). The average molecular weight is 649 g/mol. The van der Waals surface area contributed by atoms with Crippen molar-refractivity contribution >= 4 is 41.0 Å². The summed E-state index contributed by atoms with van der Waals surface area (Å²) in [5.74, 6) is -7.42. The normalized spacial score (nSPS) is 12.9. The molecule has 4 N–H and O–H groups in total. The molecule has 1 unspecified atom stereocenters. The lowest BCUT2D eigenvalue weighted by atomic mass is 10.1. The average Bonchev–Trinajstić information content (AvgIpc) is 3.48. The van der Waals surface area contributed by atoms with Crippen LogP contribution in [-0.4, -0.2) is 78.9 Å². The van der Waals surface area contributed by atoms with Crippen LogP contribution in [0.25, 0.3) is 0 Å². The Hall–Kier alpha value is -5.03. The van der Waals surface area contributed by atoms with Crippen molar-refractivity contribution in [3.05, 3.63) is 59.9 Å². The molecule has 0 radical (unpaired) electrons. The highest BCUT2D eigenvalue weighted by Crippen LogP contribution is 2.24. The van der Waals surface area contributed by atoms with E-state index >= 15 is 0 Å².